The van der Waals surface area contributed by atoms with Crippen LogP contribution < -0.4 is 21.1 Å². The Morgan fingerprint density at radius 3 is 2.58 bits per heavy atom. The molecule has 0 saturated heterocycles. The summed E-state index contributed by atoms with van der Waals surface area (Å²) in [5.41, 5.74) is 6.25. The van der Waals surface area contributed by atoms with Crippen LogP contribution in [0.25, 0.3) is 0 Å². The number of benzene rings is 1. The number of aliphatic imine (C=N–C) groups is 1. The molecule has 1 aromatic rings. The minimum Gasteiger partial charge on any atom is -0.484 e. The lowest BCUT2D eigenvalue weighted by molar-refractivity contribution is -0.119. The molecule has 1 amide bonds. The number of rotatable bonds is 12. The van der Waals surface area contributed by atoms with Crippen molar-refractivity contribution in [2.24, 2.45) is 10.7 Å². The van der Waals surface area contributed by atoms with Crippen LogP contribution in [0.4, 0.5) is 0 Å². The lowest BCUT2D eigenvalue weighted by atomic mass is 10.1. The second-order valence-electron chi connectivity index (χ2n) is 6.54. The highest BCUT2D eigenvalue weighted by Crippen LogP contribution is 2.12. The third kappa shape index (κ3) is 9.91. The average Bonchev–Trinajstić information content (AvgIpc) is 2.63. The van der Waals surface area contributed by atoms with E-state index in [4.69, 9.17) is 10.5 Å². The van der Waals surface area contributed by atoms with E-state index in [1.165, 1.54) is 31.2 Å². The lowest BCUT2D eigenvalue weighted by Gasteiger charge is -2.18. The first kappa shape index (κ1) is 21.8. The minimum atomic E-state index is -0.475. The highest BCUT2D eigenvalue weighted by molar-refractivity contribution is 5.79. The SMILES string of the molecule is CCCCCCC(C)NC(=NC)NCCc1ccc(OCC(N)=O)cc1. The van der Waals surface area contributed by atoms with Crippen molar-refractivity contribution in [3.63, 3.8) is 0 Å². The molecule has 0 fully saturated rings. The summed E-state index contributed by atoms with van der Waals surface area (Å²) in [7, 11) is 1.80. The Kier molecular flexibility index (Phi) is 10.9. The van der Waals surface area contributed by atoms with Crippen LogP contribution >= 0.6 is 0 Å². The van der Waals surface area contributed by atoms with Gasteiger partial charge in [0.1, 0.15) is 5.75 Å². The number of carbonyl (C=O) groups is 1. The number of primary amides is 1. The molecular weight excluding hydrogens is 328 g/mol. The quantitative estimate of drug-likeness (QED) is 0.303. The van der Waals surface area contributed by atoms with Crippen molar-refractivity contribution in [3.8, 4) is 5.75 Å². The Morgan fingerprint density at radius 2 is 1.96 bits per heavy atom. The van der Waals surface area contributed by atoms with Crippen molar-refractivity contribution >= 4 is 11.9 Å². The Labute approximate surface area is 157 Å². The van der Waals surface area contributed by atoms with Crippen LogP contribution in [0.15, 0.2) is 29.3 Å². The smallest absolute Gasteiger partial charge is 0.255 e. The molecule has 1 unspecified atom stereocenters. The Balaban J connectivity index is 2.28. The number of hydrogen-bond acceptors (Lipinski definition) is 3. The highest BCUT2D eigenvalue weighted by Gasteiger charge is 2.05. The third-order valence-electron chi connectivity index (χ3n) is 4.11. The highest BCUT2D eigenvalue weighted by atomic mass is 16.5. The van der Waals surface area contributed by atoms with Crippen LogP contribution in [0.2, 0.25) is 0 Å². The zero-order chi connectivity index (χ0) is 19.2. The Morgan fingerprint density at radius 1 is 1.23 bits per heavy atom. The summed E-state index contributed by atoms with van der Waals surface area (Å²) in [6, 6.07) is 8.10. The molecule has 4 N–H and O–H groups in total. The molecule has 0 aliphatic carbocycles. The summed E-state index contributed by atoms with van der Waals surface area (Å²) in [6.07, 6.45) is 7.17. The summed E-state index contributed by atoms with van der Waals surface area (Å²) >= 11 is 0. The van der Waals surface area contributed by atoms with Crippen molar-refractivity contribution < 1.29 is 9.53 Å². The predicted molar refractivity (Wildman–Crippen MR) is 108 cm³/mol. The minimum absolute atomic E-state index is 0.0977. The number of hydrogen-bond donors (Lipinski definition) is 3. The van der Waals surface area contributed by atoms with E-state index in [0.29, 0.717) is 11.8 Å². The molecule has 0 radical (unpaired) electrons. The van der Waals surface area contributed by atoms with Crippen molar-refractivity contribution in [3.05, 3.63) is 29.8 Å². The molecular formula is C20H34N4O2. The van der Waals surface area contributed by atoms with Gasteiger partial charge in [-0.15, -0.1) is 0 Å². The number of guanidine groups is 1. The molecule has 0 spiro atoms. The van der Waals surface area contributed by atoms with E-state index in [-0.39, 0.29) is 6.61 Å². The average molecular weight is 363 g/mol. The number of carbonyl (C=O) groups excluding carboxylic acids is 1. The maximum Gasteiger partial charge on any atom is 0.255 e. The fourth-order valence-corrected chi connectivity index (χ4v) is 2.61. The van der Waals surface area contributed by atoms with Crippen LogP contribution in [0.3, 0.4) is 0 Å². The topological polar surface area (TPSA) is 88.7 Å². The molecule has 0 aliphatic rings. The molecule has 0 aromatic heterocycles. The predicted octanol–water partition coefficient (Wildman–Crippen LogP) is 2.62. The monoisotopic (exact) mass is 362 g/mol. The van der Waals surface area contributed by atoms with Crippen molar-refractivity contribution in [2.75, 3.05) is 20.2 Å². The molecule has 0 bridgehead atoms. The van der Waals surface area contributed by atoms with E-state index in [2.05, 4.69) is 29.5 Å². The molecule has 26 heavy (non-hydrogen) atoms. The van der Waals surface area contributed by atoms with Gasteiger partial charge in [-0.05, 0) is 37.5 Å². The van der Waals surface area contributed by atoms with Gasteiger partial charge in [0.05, 0.1) is 0 Å². The Hall–Kier alpha value is -2.24. The van der Waals surface area contributed by atoms with Gasteiger partial charge < -0.3 is 21.1 Å². The maximum absolute atomic E-state index is 10.7. The Bertz CT molecular complexity index is 543. The van der Waals surface area contributed by atoms with Crippen molar-refractivity contribution in [1.29, 1.82) is 0 Å². The van der Waals surface area contributed by atoms with Gasteiger partial charge in [-0.25, -0.2) is 0 Å². The standard InChI is InChI=1S/C20H34N4O2/c1-4-5-6-7-8-16(2)24-20(22-3)23-14-13-17-9-11-18(12-10-17)26-15-19(21)25/h9-12,16H,4-8,13-15H2,1-3H3,(H2,21,25)(H2,22,23,24). The first-order chi connectivity index (χ1) is 12.5. The molecule has 6 nitrogen and oxygen atoms in total. The molecule has 1 aromatic carbocycles. The normalized spacial score (nSPS) is 12.5. The van der Waals surface area contributed by atoms with Crippen LogP contribution in [-0.2, 0) is 11.2 Å². The van der Waals surface area contributed by atoms with Crippen molar-refractivity contribution in [2.45, 2.75) is 58.4 Å². The van der Waals surface area contributed by atoms with Gasteiger partial charge in [0.15, 0.2) is 12.6 Å². The van der Waals surface area contributed by atoms with E-state index < -0.39 is 5.91 Å². The van der Waals surface area contributed by atoms with Gasteiger partial charge in [-0.3, -0.25) is 9.79 Å². The van der Waals surface area contributed by atoms with Crippen LogP contribution in [-0.4, -0.2) is 38.1 Å². The van der Waals surface area contributed by atoms with Gasteiger partial charge >= 0.3 is 0 Å². The summed E-state index contributed by atoms with van der Waals surface area (Å²) in [5.74, 6) is 1.01. The summed E-state index contributed by atoms with van der Waals surface area (Å²) in [4.78, 5) is 15.0. The number of amides is 1. The van der Waals surface area contributed by atoms with Gasteiger partial charge in [-0.2, -0.15) is 0 Å². The molecule has 0 heterocycles. The summed E-state index contributed by atoms with van der Waals surface area (Å²) in [5, 5.41) is 6.79. The first-order valence-corrected chi connectivity index (χ1v) is 9.52. The molecule has 0 aliphatic heterocycles. The second-order valence-corrected chi connectivity index (χ2v) is 6.54. The van der Waals surface area contributed by atoms with Crippen molar-refractivity contribution in [1.82, 2.24) is 10.6 Å². The van der Waals surface area contributed by atoms with E-state index >= 15 is 0 Å². The molecule has 1 rings (SSSR count). The molecule has 1 atom stereocenters. The summed E-state index contributed by atoms with van der Waals surface area (Å²) in [6.45, 7) is 5.13. The number of ether oxygens (including phenoxy) is 1. The van der Waals surface area contributed by atoms with Gasteiger partial charge in [-0.1, -0.05) is 44.7 Å². The number of nitrogens with zero attached hydrogens (tertiary/aromatic N) is 1. The largest absolute Gasteiger partial charge is 0.484 e. The van der Waals surface area contributed by atoms with Gasteiger partial charge in [0, 0.05) is 19.6 Å². The van der Waals surface area contributed by atoms with Gasteiger partial charge in [0.25, 0.3) is 5.91 Å². The summed E-state index contributed by atoms with van der Waals surface area (Å²) < 4.78 is 5.25. The number of nitrogens with one attached hydrogen (secondary N) is 2. The third-order valence-corrected chi connectivity index (χ3v) is 4.11. The number of unbranched alkanes of at least 4 members (excludes halogenated alkanes) is 3. The van der Waals surface area contributed by atoms with Gasteiger partial charge in [0.2, 0.25) is 0 Å². The zero-order valence-electron chi connectivity index (χ0n) is 16.4. The van der Waals surface area contributed by atoms with Crippen LogP contribution in [0, 0.1) is 0 Å². The molecule has 0 saturated carbocycles. The van der Waals surface area contributed by atoms with E-state index in [9.17, 15) is 4.79 Å². The first-order valence-electron chi connectivity index (χ1n) is 9.52. The second kappa shape index (κ2) is 13.0. The number of nitrogens with two attached hydrogens (primary N) is 1. The fourth-order valence-electron chi connectivity index (χ4n) is 2.61. The van der Waals surface area contributed by atoms with E-state index in [1.807, 2.05) is 24.3 Å². The maximum atomic E-state index is 10.7. The lowest BCUT2D eigenvalue weighted by Crippen LogP contribution is -2.42. The van der Waals surface area contributed by atoms with Crippen LogP contribution in [0.5, 0.6) is 5.75 Å². The fraction of sp³-hybridized carbons (Fsp3) is 0.600. The van der Waals surface area contributed by atoms with E-state index in [0.717, 1.165) is 25.3 Å². The molecule has 146 valence electrons. The molecule has 6 heteroatoms. The van der Waals surface area contributed by atoms with Crippen LogP contribution in [0.1, 0.15) is 51.5 Å². The zero-order valence-corrected chi connectivity index (χ0v) is 16.4. The van der Waals surface area contributed by atoms with E-state index in [1.54, 1.807) is 7.05 Å².